The van der Waals surface area contributed by atoms with Crippen LogP contribution in [0, 0.1) is 11.6 Å². The highest BCUT2D eigenvalue weighted by molar-refractivity contribution is 7.87. The van der Waals surface area contributed by atoms with Gasteiger partial charge < -0.3 is 4.42 Å². The molecule has 0 aliphatic rings. The van der Waals surface area contributed by atoms with Gasteiger partial charge in [0.05, 0.1) is 11.1 Å². The number of carbonyl (C=O) groups excluding carboxylic acids is 1. The van der Waals surface area contributed by atoms with Gasteiger partial charge in [-0.15, -0.1) is 10.2 Å². The van der Waals surface area contributed by atoms with Crippen molar-refractivity contribution in [1.82, 2.24) is 23.6 Å². The molecule has 6 aromatic rings. The van der Waals surface area contributed by atoms with Gasteiger partial charge in [0, 0.05) is 24.2 Å². The van der Waals surface area contributed by atoms with Crippen molar-refractivity contribution < 1.29 is 26.4 Å². The molecule has 0 aliphatic heterocycles. The Morgan fingerprint density at radius 3 is 2.26 bits per heavy atom. The molecule has 42 heavy (non-hydrogen) atoms. The second kappa shape index (κ2) is 10.2. The maximum atomic E-state index is 14.0. The lowest BCUT2D eigenvalue weighted by atomic mass is 9.85. The second-order valence-electron chi connectivity index (χ2n) is 9.80. The second-order valence-corrected chi connectivity index (χ2v) is 11.5. The van der Waals surface area contributed by atoms with E-state index in [1.807, 2.05) is 0 Å². The highest BCUT2D eigenvalue weighted by Gasteiger charge is 2.42. The van der Waals surface area contributed by atoms with E-state index in [-0.39, 0.29) is 5.56 Å². The van der Waals surface area contributed by atoms with Crippen molar-refractivity contribution in [2.45, 2.75) is 12.5 Å². The van der Waals surface area contributed by atoms with Gasteiger partial charge in [0.2, 0.25) is 0 Å². The van der Waals surface area contributed by atoms with E-state index < -0.39 is 33.3 Å². The Labute approximate surface area is 239 Å². The smallest absolute Gasteiger partial charge is 0.304 e. The van der Waals surface area contributed by atoms with Crippen LogP contribution in [0.25, 0.3) is 28.0 Å². The first kappa shape index (κ1) is 27.2. The third-order valence-electron chi connectivity index (χ3n) is 7.41. The van der Waals surface area contributed by atoms with Crippen LogP contribution in [-0.4, -0.2) is 40.3 Å². The van der Waals surface area contributed by atoms with Crippen molar-refractivity contribution in [2.75, 3.05) is 7.05 Å². The first-order valence-electron chi connectivity index (χ1n) is 12.7. The number of carbonyl (C=O) groups is 1. The number of halogens is 2. The van der Waals surface area contributed by atoms with E-state index in [1.165, 1.54) is 49.7 Å². The number of pyridine rings is 1. The highest BCUT2D eigenvalue weighted by atomic mass is 32.2. The highest BCUT2D eigenvalue weighted by Crippen LogP contribution is 2.37. The molecule has 3 aromatic heterocycles. The third kappa shape index (κ3) is 4.60. The summed E-state index contributed by atoms with van der Waals surface area (Å²) in [5.41, 5.74) is 0.962. The van der Waals surface area contributed by atoms with Crippen LogP contribution in [0.2, 0.25) is 0 Å². The number of nitrogens with one attached hydrogen (secondary N) is 1. The van der Waals surface area contributed by atoms with Gasteiger partial charge >= 0.3 is 10.2 Å². The summed E-state index contributed by atoms with van der Waals surface area (Å²) in [5, 5.41) is 8.87. The van der Waals surface area contributed by atoms with Crippen LogP contribution in [-0.2, 0) is 15.7 Å². The number of nitrogens with zero attached hydrogens (tertiary/aromatic N) is 4. The Morgan fingerprint density at radius 2 is 1.55 bits per heavy atom. The van der Waals surface area contributed by atoms with Crippen molar-refractivity contribution in [3.8, 4) is 11.4 Å². The van der Waals surface area contributed by atoms with Crippen molar-refractivity contribution >= 4 is 32.7 Å². The van der Waals surface area contributed by atoms with E-state index in [2.05, 4.69) is 14.9 Å². The molecule has 0 spiro atoms. The van der Waals surface area contributed by atoms with Crippen LogP contribution in [0.4, 0.5) is 8.78 Å². The minimum absolute atomic E-state index is 0.0564. The topological polar surface area (TPSA) is 110 Å². The summed E-state index contributed by atoms with van der Waals surface area (Å²) in [6, 6.07) is 21.2. The minimum atomic E-state index is -4.51. The van der Waals surface area contributed by atoms with Crippen LogP contribution in [0.15, 0.2) is 102 Å². The monoisotopic (exact) mass is 587 g/mol. The molecule has 0 bridgehead atoms. The first-order chi connectivity index (χ1) is 20.1. The Morgan fingerprint density at radius 1 is 0.905 bits per heavy atom. The molecule has 12 heteroatoms. The maximum absolute atomic E-state index is 14.0. The van der Waals surface area contributed by atoms with Crippen LogP contribution in [0.1, 0.15) is 28.4 Å². The van der Waals surface area contributed by atoms with E-state index >= 15 is 0 Å². The number of rotatable bonds is 7. The van der Waals surface area contributed by atoms with Gasteiger partial charge in [-0.25, -0.2) is 13.5 Å². The summed E-state index contributed by atoms with van der Waals surface area (Å²) in [4.78, 5) is 13.2. The summed E-state index contributed by atoms with van der Waals surface area (Å²) >= 11 is 0. The zero-order valence-corrected chi connectivity index (χ0v) is 23.1. The SMILES string of the molecule is CN(C(C)(c1ccc(F)cc1)c1ccc2nnc(-c3ccc(F)cc3)n2c1)S(=O)(=O)NC(=O)c1coc2ccccc12. The quantitative estimate of drug-likeness (QED) is 0.272. The van der Waals surface area contributed by atoms with E-state index in [0.29, 0.717) is 39.1 Å². The molecule has 0 radical (unpaired) electrons. The predicted molar refractivity (Wildman–Crippen MR) is 152 cm³/mol. The standard InChI is InChI=1S/C30H23F2N5O4S/c1-30(20-9-14-23(32)15-10-20,21-11-16-27-33-34-28(37(27)17-21)19-7-12-22(31)13-8-19)36(2)42(39,40)35-29(38)25-18-41-26-6-4-3-5-24(25)26/h3-18H,1-2H3,(H,35,38). The van der Waals surface area contributed by atoms with Gasteiger partial charge in [-0.05, 0) is 66.6 Å². The molecule has 1 amide bonds. The minimum Gasteiger partial charge on any atom is -0.463 e. The summed E-state index contributed by atoms with van der Waals surface area (Å²) in [6.07, 6.45) is 2.86. The zero-order chi connectivity index (χ0) is 29.6. The lowest BCUT2D eigenvalue weighted by molar-refractivity contribution is 0.0978. The van der Waals surface area contributed by atoms with E-state index in [4.69, 9.17) is 4.42 Å². The lowest BCUT2D eigenvalue weighted by Crippen LogP contribution is -2.51. The largest absolute Gasteiger partial charge is 0.463 e. The van der Waals surface area contributed by atoms with E-state index in [0.717, 1.165) is 4.31 Å². The van der Waals surface area contributed by atoms with Gasteiger partial charge in [-0.1, -0.05) is 36.4 Å². The van der Waals surface area contributed by atoms with Gasteiger partial charge in [-0.2, -0.15) is 12.7 Å². The third-order valence-corrected chi connectivity index (χ3v) is 8.94. The molecule has 1 unspecified atom stereocenters. The molecule has 3 heterocycles. The average Bonchev–Trinajstić information content (AvgIpc) is 3.61. The molecule has 3 aromatic carbocycles. The number of para-hydroxylation sites is 1. The fourth-order valence-electron chi connectivity index (χ4n) is 4.91. The normalized spacial score (nSPS) is 13.5. The molecule has 212 valence electrons. The molecule has 9 nitrogen and oxygen atoms in total. The molecular formula is C30H23F2N5O4S. The maximum Gasteiger partial charge on any atom is 0.304 e. The molecule has 0 saturated carbocycles. The summed E-state index contributed by atoms with van der Waals surface area (Å²) < 4.78 is 65.3. The first-order valence-corrected chi connectivity index (χ1v) is 14.2. The van der Waals surface area contributed by atoms with Crippen molar-refractivity contribution in [1.29, 1.82) is 0 Å². The Kier molecular flexibility index (Phi) is 6.59. The van der Waals surface area contributed by atoms with Gasteiger partial charge in [0.15, 0.2) is 11.5 Å². The Balaban J connectivity index is 1.45. The fourth-order valence-corrected chi connectivity index (χ4v) is 6.09. The van der Waals surface area contributed by atoms with Crippen LogP contribution in [0.5, 0.6) is 0 Å². The molecule has 1 N–H and O–H groups in total. The van der Waals surface area contributed by atoms with Crippen LogP contribution in [0.3, 0.4) is 0 Å². The number of fused-ring (bicyclic) bond motifs is 2. The van der Waals surface area contributed by atoms with Gasteiger partial charge in [0.1, 0.15) is 23.5 Å². The van der Waals surface area contributed by atoms with Gasteiger partial charge in [-0.3, -0.25) is 9.20 Å². The molecule has 6 rings (SSSR count). The van der Waals surface area contributed by atoms with E-state index in [1.54, 1.807) is 66.1 Å². The lowest BCUT2D eigenvalue weighted by Gasteiger charge is -2.38. The number of furan rings is 1. The van der Waals surface area contributed by atoms with E-state index in [9.17, 15) is 22.0 Å². The summed E-state index contributed by atoms with van der Waals surface area (Å²) in [7, 11) is -3.19. The zero-order valence-electron chi connectivity index (χ0n) is 22.3. The van der Waals surface area contributed by atoms with Crippen molar-refractivity contribution in [3.63, 3.8) is 0 Å². The molecular weight excluding hydrogens is 564 g/mol. The van der Waals surface area contributed by atoms with Crippen molar-refractivity contribution in [2.24, 2.45) is 0 Å². The summed E-state index contributed by atoms with van der Waals surface area (Å²) in [5.74, 6) is -1.38. The number of amides is 1. The fraction of sp³-hybridized carbons (Fsp3) is 0.100. The predicted octanol–water partition coefficient (Wildman–Crippen LogP) is 5.29. The summed E-state index contributed by atoms with van der Waals surface area (Å²) in [6.45, 7) is 1.64. The number of benzene rings is 3. The molecule has 1 atom stereocenters. The van der Waals surface area contributed by atoms with Gasteiger partial charge in [0.25, 0.3) is 5.91 Å². The number of hydrogen-bond acceptors (Lipinski definition) is 6. The Hall–Kier alpha value is -4.94. The van der Waals surface area contributed by atoms with Crippen molar-refractivity contribution in [3.05, 3.63) is 126 Å². The number of aromatic nitrogens is 3. The molecule has 0 aliphatic carbocycles. The Bertz CT molecular complexity index is 2060. The van der Waals surface area contributed by atoms with Crippen LogP contribution >= 0.6 is 0 Å². The molecule has 0 saturated heterocycles. The van der Waals surface area contributed by atoms with Crippen LogP contribution < -0.4 is 4.72 Å². The molecule has 0 fully saturated rings. The average molecular weight is 588 g/mol. The number of hydrogen-bond donors (Lipinski definition) is 1.